The lowest BCUT2D eigenvalue weighted by molar-refractivity contribution is 0.624. The predicted molar refractivity (Wildman–Crippen MR) is 79.9 cm³/mol. The standard InChI is InChI=1S/C14H8Cl3FN2/c15-11-2-3-12(16)14(17)10(11)7-20-9-1-4-13(18)8(5-9)6-19/h1-5,20H,7H2. The molecule has 20 heavy (non-hydrogen) atoms. The fourth-order valence-corrected chi connectivity index (χ4v) is 2.32. The van der Waals surface area contributed by atoms with E-state index in [9.17, 15) is 4.39 Å². The summed E-state index contributed by atoms with van der Waals surface area (Å²) in [5, 5.41) is 13.1. The summed E-state index contributed by atoms with van der Waals surface area (Å²) in [5.41, 5.74) is 1.21. The molecule has 0 atom stereocenters. The molecule has 2 aromatic carbocycles. The topological polar surface area (TPSA) is 35.8 Å². The van der Waals surface area contributed by atoms with Crippen molar-refractivity contribution in [3.63, 3.8) is 0 Å². The van der Waals surface area contributed by atoms with Gasteiger partial charge in [-0.3, -0.25) is 0 Å². The van der Waals surface area contributed by atoms with Gasteiger partial charge in [0, 0.05) is 22.8 Å². The Hall–Kier alpha value is -1.47. The van der Waals surface area contributed by atoms with Gasteiger partial charge in [-0.25, -0.2) is 4.39 Å². The van der Waals surface area contributed by atoms with Crippen molar-refractivity contribution < 1.29 is 4.39 Å². The maximum Gasteiger partial charge on any atom is 0.141 e. The van der Waals surface area contributed by atoms with Gasteiger partial charge in [0.25, 0.3) is 0 Å². The van der Waals surface area contributed by atoms with E-state index in [0.717, 1.165) is 0 Å². The molecule has 2 aromatic rings. The van der Waals surface area contributed by atoms with E-state index in [-0.39, 0.29) is 5.56 Å². The second-order valence-corrected chi connectivity index (χ2v) is 5.17. The van der Waals surface area contributed by atoms with Crippen LogP contribution in [0.15, 0.2) is 30.3 Å². The molecule has 1 N–H and O–H groups in total. The number of rotatable bonds is 3. The van der Waals surface area contributed by atoms with E-state index in [0.29, 0.717) is 32.9 Å². The molecule has 0 bridgehead atoms. The van der Waals surface area contributed by atoms with E-state index in [1.807, 2.05) is 0 Å². The molecule has 0 aromatic heterocycles. The molecule has 2 nitrogen and oxygen atoms in total. The largest absolute Gasteiger partial charge is 0.381 e. The molecule has 0 aliphatic rings. The summed E-state index contributed by atoms with van der Waals surface area (Å²) in [7, 11) is 0. The molecule has 0 fully saturated rings. The van der Waals surface area contributed by atoms with Gasteiger partial charge in [-0.2, -0.15) is 5.26 Å². The van der Waals surface area contributed by atoms with E-state index >= 15 is 0 Å². The number of nitriles is 1. The van der Waals surface area contributed by atoms with Crippen molar-refractivity contribution in [3.8, 4) is 6.07 Å². The van der Waals surface area contributed by atoms with Gasteiger partial charge in [-0.1, -0.05) is 34.8 Å². The van der Waals surface area contributed by atoms with Crippen molar-refractivity contribution in [3.05, 3.63) is 62.3 Å². The quantitative estimate of drug-likeness (QED) is 0.779. The number of nitrogens with one attached hydrogen (secondary N) is 1. The van der Waals surface area contributed by atoms with E-state index in [2.05, 4.69) is 5.32 Å². The first kappa shape index (κ1) is 14.9. The Morgan fingerprint density at radius 3 is 2.50 bits per heavy atom. The Labute approximate surface area is 130 Å². The van der Waals surface area contributed by atoms with Crippen LogP contribution in [0, 0.1) is 17.1 Å². The highest BCUT2D eigenvalue weighted by Gasteiger charge is 2.10. The molecule has 0 spiro atoms. The molecule has 0 aliphatic carbocycles. The lowest BCUT2D eigenvalue weighted by Gasteiger charge is -2.11. The first-order chi connectivity index (χ1) is 9.52. The zero-order valence-electron chi connectivity index (χ0n) is 10.1. The van der Waals surface area contributed by atoms with Crippen molar-refractivity contribution in [1.82, 2.24) is 0 Å². The molecule has 0 unspecified atom stereocenters. The first-order valence-corrected chi connectivity index (χ1v) is 6.72. The van der Waals surface area contributed by atoms with Gasteiger partial charge in [0.1, 0.15) is 11.9 Å². The number of benzene rings is 2. The predicted octanol–water partition coefficient (Wildman–Crippen LogP) is 5.27. The summed E-state index contributed by atoms with van der Waals surface area (Å²) in [6, 6.07) is 9.21. The third-order valence-corrected chi connectivity index (χ3v) is 3.89. The van der Waals surface area contributed by atoms with Gasteiger partial charge < -0.3 is 5.32 Å². The van der Waals surface area contributed by atoms with Crippen LogP contribution in [-0.4, -0.2) is 0 Å². The van der Waals surface area contributed by atoms with Crippen LogP contribution in [0.5, 0.6) is 0 Å². The monoisotopic (exact) mass is 328 g/mol. The second-order valence-electron chi connectivity index (χ2n) is 3.98. The fourth-order valence-electron chi connectivity index (χ4n) is 1.64. The molecule has 102 valence electrons. The number of anilines is 1. The molecule has 2 rings (SSSR count). The molecule has 0 saturated heterocycles. The molecule has 0 heterocycles. The molecule has 0 amide bonds. The van der Waals surface area contributed by atoms with Crippen molar-refractivity contribution in [1.29, 1.82) is 5.26 Å². The Balaban J connectivity index is 2.22. The van der Waals surface area contributed by atoms with Crippen LogP contribution in [0.4, 0.5) is 10.1 Å². The lowest BCUT2D eigenvalue weighted by Crippen LogP contribution is -2.02. The van der Waals surface area contributed by atoms with Crippen LogP contribution in [0.25, 0.3) is 0 Å². The summed E-state index contributed by atoms with van der Waals surface area (Å²) in [5.74, 6) is -0.558. The van der Waals surface area contributed by atoms with Gasteiger partial charge in [0.05, 0.1) is 15.6 Å². The maximum absolute atomic E-state index is 13.2. The van der Waals surface area contributed by atoms with Gasteiger partial charge in [-0.15, -0.1) is 0 Å². The number of nitrogens with zero attached hydrogens (tertiary/aromatic N) is 1. The highest BCUT2D eigenvalue weighted by molar-refractivity contribution is 6.44. The Bertz CT molecular complexity index is 696. The zero-order chi connectivity index (χ0) is 14.7. The minimum atomic E-state index is -0.558. The summed E-state index contributed by atoms with van der Waals surface area (Å²) in [6.07, 6.45) is 0. The minimum Gasteiger partial charge on any atom is -0.381 e. The molecule has 0 aliphatic heterocycles. The van der Waals surface area contributed by atoms with Crippen LogP contribution < -0.4 is 5.32 Å². The van der Waals surface area contributed by atoms with Crippen LogP contribution in [0.1, 0.15) is 11.1 Å². The summed E-state index contributed by atoms with van der Waals surface area (Å²) in [4.78, 5) is 0. The summed E-state index contributed by atoms with van der Waals surface area (Å²) < 4.78 is 13.2. The van der Waals surface area contributed by atoms with E-state index < -0.39 is 5.82 Å². The highest BCUT2D eigenvalue weighted by Crippen LogP contribution is 2.32. The fraction of sp³-hybridized carbons (Fsp3) is 0.0714. The van der Waals surface area contributed by atoms with Crippen molar-refractivity contribution in [2.75, 3.05) is 5.32 Å². The number of hydrogen-bond donors (Lipinski definition) is 1. The van der Waals surface area contributed by atoms with Crippen LogP contribution in [-0.2, 0) is 6.54 Å². The maximum atomic E-state index is 13.2. The van der Waals surface area contributed by atoms with Gasteiger partial charge >= 0.3 is 0 Å². The Morgan fingerprint density at radius 2 is 1.80 bits per heavy atom. The molecule has 0 saturated carbocycles. The van der Waals surface area contributed by atoms with Gasteiger partial charge in [0.15, 0.2) is 0 Å². The minimum absolute atomic E-state index is 0.0294. The molecule has 0 radical (unpaired) electrons. The third kappa shape index (κ3) is 3.16. The second kappa shape index (κ2) is 6.32. The molecular formula is C14H8Cl3FN2. The van der Waals surface area contributed by atoms with Crippen molar-refractivity contribution >= 4 is 40.5 Å². The van der Waals surface area contributed by atoms with Crippen LogP contribution >= 0.6 is 34.8 Å². The Morgan fingerprint density at radius 1 is 1.10 bits per heavy atom. The lowest BCUT2D eigenvalue weighted by atomic mass is 10.2. The SMILES string of the molecule is N#Cc1cc(NCc2c(Cl)ccc(Cl)c2Cl)ccc1F. The smallest absolute Gasteiger partial charge is 0.141 e. The van der Waals surface area contributed by atoms with Crippen molar-refractivity contribution in [2.24, 2.45) is 0 Å². The first-order valence-electron chi connectivity index (χ1n) is 5.59. The van der Waals surface area contributed by atoms with Crippen molar-refractivity contribution in [2.45, 2.75) is 6.54 Å². The highest BCUT2D eigenvalue weighted by atomic mass is 35.5. The average Bonchev–Trinajstić information content (AvgIpc) is 2.44. The van der Waals surface area contributed by atoms with Crippen LogP contribution in [0.3, 0.4) is 0 Å². The summed E-state index contributed by atoms with van der Waals surface area (Å²) in [6.45, 7) is 0.314. The number of halogens is 4. The molecular weight excluding hydrogens is 322 g/mol. The summed E-state index contributed by atoms with van der Waals surface area (Å²) >= 11 is 18.1. The van der Waals surface area contributed by atoms with E-state index in [1.165, 1.54) is 18.2 Å². The van der Waals surface area contributed by atoms with E-state index in [1.54, 1.807) is 18.2 Å². The normalized spacial score (nSPS) is 10.2. The zero-order valence-corrected chi connectivity index (χ0v) is 12.3. The third-order valence-electron chi connectivity index (χ3n) is 2.70. The molecule has 6 heteroatoms. The van der Waals surface area contributed by atoms with Crippen LogP contribution in [0.2, 0.25) is 15.1 Å². The van der Waals surface area contributed by atoms with E-state index in [4.69, 9.17) is 40.1 Å². The number of hydrogen-bond acceptors (Lipinski definition) is 2. The Kier molecular flexibility index (Phi) is 4.72. The van der Waals surface area contributed by atoms with Gasteiger partial charge in [-0.05, 0) is 30.3 Å². The van der Waals surface area contributed by atoms with Gasteiger partial charge in [0.2, 0.25) is 0 Å². The average molecular weight is 330 g/mol.